The Morgan fingerprint density at radius 3 is 1.79 bits per heavy atom. The molecule has 4 aliphatic rings. The molecule has 0 amide bonds. The second-order valence-electron chi connectivity index (χ2n) is 24.5. The summed E-state index contributed by atoms with van der Waals surface area (Å²) in [6.07, 6.45) is 3.50. The zero-order valence-corrected chi connectivity index (χ0v) is 42.9. The number of anilines is 6. The molecule has 2 nitrogen and oxygen atoms in total. The average molecular weight is 893 g/mol. The number of fused-ring (bicyclic) bond motifs is 10. The number of rotatable bonds is 3. The van der Waals surface area contributed by atoms with Crippen molar-refractivity contribution in [2.24, 2.45) is 0 Å². The molecular formula is C63H65BN2S. The Balaban J connectivity index is 1.25. The summed E-state index contributed by atoms with van der Waals surface area (Å²) in [4.78, 5) is 5.42. The lowest BCUT2D eigenvalue weighted by molar-refractivity contribution is 0.332. The highest BCUT2D eigenvalue weighted by atomic mass is 32.1. The predicted molar refractivity (Wildman–Crippen MR) is 293 cm³/mol. The minimum absolute atomic E-state index is 0.0224. The molecular weight excluding hydrogens is 828 g/mol. The maximum Gasteiger partial charge on any atom is 0.252 e. The number of hydrogen-bond donors (Lipinski definition) is 0. The van der Waals surface area contributed by atoms with Gasteiger partial charge in [0.05, 0.1) is 10.4 Å². The third-order valence-electron chi connectivity index (χ3n) is 16.9. The van der Waals surface area contributed by atoms with Crippen molar-refractivity contribution in [2.45, 2.75) is 136 Å². The van der Waals surface area contributed by atoms with Gasteiger partial charge < -0.3 is 9.80 Å². The standard InChI is InChI=1S/C63H65BN2S/c1-37-19-17-18-22-50(37)66-54-31-40(39-20-15-14-16-21-39)30-53-56(54)64(48-25-24-42-43-32-41(59(3,4)5)23-26-55(43)67-58(42)57(48)66)49-33-45-47(63(12,13)36-62(45,10)11)35-52(49)65(53)51-34-46-44(29-38(51)2)60(6,7)27-28-61(46,8)9/h14-26,29-35H,27-28,36H2,1-13H3. The van der Waals surface area contributed by atoms with Gasteiger partial charge in [-0.25, -0.2) is 0 Å². The quantitative estimate of drug-likeness (QED) is 0.163. The van der Waals surface area contributed by atoms with Gasteiger partial charge in [-0.3, -0.25) is 0 Å². The maximum atomic E-state index is 2.74. The van der Waals surface area contributed by atoms with Crippen LogP contribution in [-0.2, 0) is 27.1 Å². The van der Waals surface area contributed by atoms with Crippen molar-refractivity contribution in [3.05, 3.63) is 160 Å². The van der Waals surface area contributed by atoms with E-state index in [0.717, 1.165) is 6.42 Å². The van der Waals surface area contributed by atoms with E-state index in [1.807, 2.05) is 11.3 Å². The van der Waals surface area contributed by atoms with E-state index in [9.17, 15) is 0 Å². The minimum Gasteiger partial charge on any atom is -0.311 e. The first kappa shape index (κ1) is 42.8. The molecule has 0 saturated heterocycles. The van der Waals surface area contributed by atoms with Crippen LogP contribution in [0.5, 0.6) is 0 Å². The fourth-order valence-electron chi connectivity index (χ4n) is 13.3. The summed E-state index contributed by atoms with van der Waals surface area (Å²) in [6.45, 7) is 31.5. The van der Waals surface area contributed by atoms with Crippen LogP contribution in [0.3, 0.4) is 0 Å². The minimum atomic E-state index is 0.0224. The molecule has 3 heterocycles. The molecule has 0 radical (unpaired) electrons. The molecule has 7 aromatic carbocycles. The Labute approximate surface area is 404 Å². The molecule has 0 unspecified atom stereocenters. The number of hydrogen-bond acceptors (Lipinski definition) is 3. The predicted octanol–water partition coefficient (Wildman–Crippen LogP) is 16.0. The van der Waals surface area contributed by atoms with E-state index in [4.69, 9.17) is 0 Å². The Morgan fingerprint density at radius 2 is 1.10 bits per heavy atom. The van der Waals surface area contributed by atoms with Gasteiger partial charge >= 0.3 is 0 Å². The van der Waals surface area contributed by atoms with Gasteiger partial charge in [-0.2, -0.15) is 0 Å². The molecule has 0 spiro atoms. The highest BCUT2D eigenvalue weighted by Gasteiger charge is 2.49. The lowest BCUT2D eigenvalue weighted by atomic mass is 9.33. The number of aryl methyl sites for hydroxylation is 2. The van der Waals surface area contributed by atoms with Crippen molar-refractivity contribution >= 4 is 88.7 Å². The lowest BCUT2D eigenvalue weighted by Gasteiger charge is -2.47. The topological polar surface area (TPSA) is 6.48 Å². The first-order valence-electron chi connectivity index (χ1n) is 24.9. The van der Waals surface area contributed by atoms with Gasteiger partial charge in [0, 0.05) is 43.9 Å². The highest BCUT2D eigenvalue weighted by Crippen LogP contribution is 2.56. The van der Waals surface area contributed by atoms with Crippen molar-refractivity contribution in [3.63, 3.8) is 0 Å². The molecule has 4 heteroatoms. The van der Waals surface area contributed by atoms with Crippen LogP contribution in [0.4, 0.5) is 34.1 Å². The van der Waals surface area contributed by atoms with E-state index in [1.54, 1.807) is 0 Å². The second kappa shape index (κ2) is 14.0. The molecule has 67 heavy (non-hydrogen) atoms. The lowest BCUT2D eigenvalue weighted by Crippen LogP contribution is -2.61. The van der Waals surface area contributed by atoms with Gasteiger partial charge in [0.25, 0.3) is 6.71 Å². The van der Waals surface area contributed by atoms with Crippen LogP contribution in [-0.4, -0.2) is 6.71 Å². The molecule has 0 N–H and O–H groups in total. The summed E-state index contributed by atoms with van der Waals surface area (Å²) >= 11 is 1.97. The maximum absolute atomic E-state index is 2.74. The fourth-order valence-corrected chi connectivity index (χ4v) is 14.5. The van der Waals surface area contributed by atoms with Crippen molar-refractivity contribution in [3.8, 4) is 11.1 Å². The number of thiophene rings is 1. The van der Waals surface area contributed by atoms with Gasteiger partial charge in [0.1, 0.15) is 0 Å². The molecule has 336 valence electrons. The molecule has 1 aromatic heterocycles. The first-order chi connectivity index (χ1) is 31.6. The Morgan fingerprint density at radius 1 is 0.493 bits per heavy atom. The van der Waals surface area contributed by atoms with E-state index in [0.29, 0.717) is 0 Å². The summed E-state index contributed by atoms with van der Waals surface area (Å²) in [5, 5.41) is 2.70. The molecule has 0 fully saturated rings. The van der Waals surface area contributed by atoms with Crippen LogP contribution in [0.25, 0.3) is 31.3 Å². The largest absolute Gasteiger partial charge is 0.311 e. The van der Waals surface area contributed by atoms with Crippen LogP contribution in [0.15, 0.2) is 121 Å². The van der Waals surface area contributed by atoms with E-state index in [1.165, 1.54) is 134 Å². The van der Waals surface area contributed by atoms with Crippen LogP contribution in [0.1, 0.15) is 134 Å². The van der Waals surface area contributed by atoms with E-state index >= 15 is 0 Å². The van der Waals surface area contributed by atoms with Gasteiger partial charge in [0.2, 0.25) is 0 Å². The Kier molecular flexibility index (Phi) is 8.94. The summed E-state index contributed by atoms with van der Waals surface area (Å²) in [6, 6.07) is 48.1. The summed E-state index contributed by atoms with van der Waals surface area (Å²) < 4.78 is 2.71. The van der Waals surface area contributed by atoms with Crippen LogP contribution in [0.2, 0.25) is 0 Å². The Bertz CT molecular complexity index is 3410. The SMILES string of the molecule is Cc1cc2c(cc1N1c3cc4c(cc3B3c5ccc6c(sc7ccc(C(C)(C)C)cc76)c5N(c5ccccc5C)c5cc(-c6ccccc6)cc1c53)C(C)(C)CC4(C)C)C(C)(C)CCC2(C)C. The third-order valence-corrected chi connectivity index (χ3v) is 18.1. The molecule has 0 bridgehead atoms. The number of benzene rings is 7. The molecule has 2 aliphatic carbocycles. The van der Waals surface area contributed by atoms with Crippen LogP contribution < -0.4 is 26.2 Å². The number of para-hydroxylation sites is 1. The van der Waals surface area contributed by atoms with E-state index in [2.05, 4.69) is 221 Å². The second-order valence-corrected chi connectivity index (χ2v) is 25.5. The summed E-state index contributed by atoms with van der Waals surface area (Å²) in [5.41, 5.74) is 24.7. The smallest absolute Gasteiger partial charge is 0.252 e. The zero-order chi connectivity index (χ0) is 46.9. The van der Waals surface area contributed by atoms with Gasteiger partial charge in [-0.05, 0) is 169 Å². The van der Waals surface area contributed by atoms with Crippen molar-refractivity contribution in [1.82, 2.24) is 0 Å². The van der Waals surface area contributed by atoms with Crippen molar-refractivity contribution in [1.29, 1.82) is 0 Å². The fraction of sp³-hybridized carbons (Fsp3) is 0.333. The third kappa shape index (κ3) is 6.20. The Hall–Kier alpha value is -5.58. The zero-order valence-electron chi connectivity index (χ0n) is 42.0. The monoisotopic (exact) mass is 892 g/mol. The van der Waals surface area contributed by atoms with E-state index < -0.39 is 0 Å². The average Bonchev–Trinajstić information content (AvgIpc) is 3.74. The molecule has 12 rings (SSSR count). The molecule has 0 atom stereocenters. The van der Waals surface area contributed by atoms with Crippen LogP contribution in [0, 0.1) is 13.8 Å². The van der Waals surface area contributed by atoms with Gasteiger partial charge in [-0.15, -0.1) is 11.3 Å². The van der Waals surface area contributed by atoms with Crippen molar-refractivity contribution in [2.75, 3.05) is 9.80 Å². The molecule has 2 aliphatic heterocycles. The van der Waals surface area contributed by atoms with E-state index in [-0.39, 0.29) is 33.8 Å². The number of nitrogens with zero attached hydrogens (tertiary/aromatic N) is 2. The highest BCUT2D eigenvalue weighted by molar-refractivity contribution is 7.26. The summed E-state index contributed by atoms with van der Waals surface area (Å²) in [5.74, 6) is 0. The normalized spacial score (nSPS) is 18.1. The van der Waals surface area contributed by atoms with Gasteiger partial charge in [0.15, 0.2) is 0 Å². The van der Waals surface area contributed by atoms with Crippen LogP contribution >= 0.6 is 11.3 Å². The van der Waals surface area contributed by atoms with Crippen molar-refractivity contribution < 1.29 is 0 Å². The first-order valence-corrected chi connectivity index (χ1v) is 25.7. The van der Waals surface area contributed by atoms with Gasteiger partial charge in [-0.1, -0.05) is 155 Å². The molecule has 0 saturated carbocycles. The molecule has 8 aromatic rings. The summed E-state index contributed by atoms with van der Waals surface area (Å²) in [7, 11) is 0.